The molecule has 112 valence electrons. The van der Waals surface area contributed by atoms with Crippen LogP contribution in [0.25, 0.3) is 0 Å². The van der Waals surface area contributed by atoms with E-state index in [4.69, 9.17) is 0 Å². The monoisotopic (exact) mass is 278 g/mol. The van der Waals surface area contributed by atoms with Gasteiger partial charge in [-0.15, -0.1) is 0 Å². The molecular weight excluding hydrogens is 253 g/mol. The van der Waals surface area contributed by atoms with Crippen LogP contribution in [0.1, 0.15) is 45.4 Å². The molecule has 0 aromatic carbocycles. The first kappa shape index (κ1) is 15.1. The third kappa shape index (κ3) is 4.35. The normalized spacial score (nSPS) is 31.6. The Bertz CT molecular complexity index is 264. The lowest BCUT2D eigenvalue weighted by molar-refractivity contribution is -0.182. The van der Waals surface area contributed by atoms with Crippen LogP contribution in [0.5, 0.6) is 0 Å². The predicted octanol–water partition coefficient (Wildman–Crippen LogP) is 3.18. The van der Waals surface area contributed by atoms with E-state index in [0.717, 1.165) is 32.5 Å². The van der Waals surface area contributed by atoms with Crippen molar-refractivity contribution in [2.45, 2.75) is 63.7 Å². The fourth-order valence-corrected chi connectivity index (χ4v) is 3.34. The Morgan fingerprint density at radius 2 is 1.47 bits per heavy atom. The Hall–Kier alpha value is -0.290. The number of rotatable bonds is 3. The average molecular weight is 278 g/mol. The van der Waals surface area contributed by atoms with Crippen molar-refractivity contribution in [1.82, 2.24) is 10.2 Å². The van der Waals surface area contributed by atoms with Crippen LogP contribution in [-0.2, 0) is 0 Å². The van der Waals surface area contributed by atoms with Gasteiger partial charge in [0, 0.05) is 12.1 Å². The average Bonchev–Trinajstić information content (AvgIpc) is 2.39. The van der Waals surface area contributed by atoms with Gasteiger partial charge in [0.1, 0.15) is 0 Å². The Balaban J connectivity index is 1.69. The highest BCUT2D eigenvalue weighted by Crippen LogP contribution is 2.37. The number of hydrogen-bond acceptors (Lipinski definition) is 2. The Labute approximate surface area is 113 Å². The van der Waals surface area contributed by atoms with Crippen molar-refractivity contribution in [1.29, 1.82) is 0 Å². The zero-order chi connectivity index (χ0) is 13.9. The standard InChI is InChI=1S/C14H25F3N2/c1-2-19-9-7-13(8-10-19)18-12-5-3-11(4-6-12)14(15,16)17/h11-13,18H,2-10H2,1H3. The summed E-state index contributed by atoms with van der Waals surface area (Å²) in [6.45, 7) is 5.51. The van der Waals surface area contributed by atoms with E-state index in [9.17, 15) is 13.2 Å². The van der Waals surface area contributed by atoms with Crippen molar-refractivity contribution in [3.05, 3.63) is 0 Å². The number of piperidine rings is 1. The van der Waals surface area contributed by atoms with E-state index in [-0.39, 0.29) is 0 Å². The number of hydrogen-bond donors (Lipinski definition) is 1. The van der Waals surface area contributed by atoms with E-state index in [2.05, 4.69) is 17.1 Å². The summed E-state index contributed by atoms with van der Waals surface area (Å²) in [6, 6.07) is 0.812. The molecule has 2 aliphatic rings. The van der Waals surface area contributed by atoms with Gasteiger partial charge < -0.3 is 10.2 Å². The molecule has 0 bridgehead atoms. The van der Waals surface area contributed by atoms with Gasteiger partial charge in [0.2, 0.25) is 0 Å². The summed E-state index contributed by atoms with van der Waals surface area (Å²) in [6.07, 6.45) is 0.234. The van der Waals surface area contributed by atoms with Gasteiger partial charge in [0.05, 0.1) is 5.92 Å². The molecule has 0 aromatic rings. The molecule has 0 unspecified atom stereocenters. The molecule has 5 heteroatoms. The van der Waals surface area contributed by atoms with Crippen LogP contribution >= 0.6 is 0 Å². The van der Waals surface area contributed by atoms with Crippen molar-refractivity contribution >= 4 is 0 Å². The quantitative estimate of drug-likeness (QED) is 0.853. The summed E-state index contributed by atoms with van der Waals surface area (Å²) in [7, 11) is 0. The van der Waals surface area contributed by atoms with Crippen LogP contribution in [0.2, 0.25) is 0 Å². The van der Waals surface area contributed by atoms with Crippen LogP contribution in [0.3, 0.4) is 0 Å². The smallest absolute Gasteiger partial charge is 0.311 e. The summed E-state index contributed by atoms with van der Waals surface area (Å²) in [5.41, 5.74) is 0. The molecule has 1 aliphatic carbocycles. The van der Waals surface area contributed by atoms with Crippen molar-refractivity contribution in [3.63, 3.8) is 0 Å². The third-order valence-corrected chi connectivity index (χ3v) is 4.70. The Morgan fingerprint density at radius 1 is 0.947 bits per heavy atom. The number of nitrogens with zero attached hydrogens (tertiary/aromatic N) is 1. The minimum Gasteiger partial charge on any atom is -0.311 e. The van der Waals surface area contributed by atoms with Gasteiger partial charge in [0.15, 0.2) is 0 Å². The Kier molecular flexibility index (Phi) is 5.12. The Morgan fingerprint density at radius 3 is 1.95 bits per heavy atom. The van der Waals surface area contributed by atoms with Gasteiger partial charge in [-0.2, -0.15) is 13.2 Å². The summed E-state index contributed by atoms with van der Waals surface area (Å²) in [5.74, 6) is -1.06. The van der Waals surface area contributed by atoms with E-state index in [0.29, 0.717) is 37.8 Å². The van der Waals surface area contributed by atoms with Gasteiger partial charge in [-0.25, -0.2) is 0 Å². The predicted molar refractivity (Wildman–Crippen MR) is 70.1 cm³/mol. The highest BCUT2D eigenvalue weighted by molar-refractivity contribution is 4.85. The second-order valence-corrected chi connectivity index (χ2v) is 5.97. The molecule has 2 nitrogen and oxygen atoms in total. The lowest BCUT2D eigenvalue weighted by atomic mass is 9.85. The van der Waals surface area contributed by atoms with Crippen LogP contribution in [0.4, 0.5) is 13.2 Å². The largest absolute Gasteiger partial charge is 0.391 e. The van der Waals surface area contributed by atoms with E-state index in [1.165, 1.54) is 0 Å². The van der Waals surface area contributed by atoms with E-state index < -0.39 is 12.1 Å². The summed E-state index contributed by atoms with van der Waals surface area (Å²) >= 11 is 0. The lowest BCUT2D eigenvalue weighted by Crippen LogP contribution is -2.47. The van der Waals surface area contributed by atoms with Crippen LogP contribution < -0.4 is 5.32 Å². The zero-order valence-electron chi connectivity index (χ0n) is 11.7. The maximum atomic E-state index is 12.6. The molecule has 0 spiro atoms. The second kappa shape index (κ2) is 6.44. The topological polar surface area (TPSA) is 15.3 Å². The fraction of sp³-hybridized carbons (Fsp3) is 1.00. The molecule has 19 heavy (non-hydrogen) atoms. The molecule has 2 fully saturated rings. The first-order valence-electron chi connectivity index (χ1n) is 7.54. The molecule has 1 aliphatic heterocycles. The van der Waals surface area contributed by atoms with E-state index in [1.807, 2.05) is 0 Å². The van der Waals surface area contributed by atoms with Crippen LogP contribution in [0, 0.1) is 5.92 Å². The highest BCUT2D eigenvalue weighted by atomic mass is 19.4. The first-order valence-corrected chi connectivity index (χ1v) is 7.54. The molecule has 1 N–H and O–H groups in total. The third-order valence-electron chi connectivity index (χ3n) is 4.70. The van der Waals surface area contributed by atoms with Gasteiger partial charge >= 0.3 is 6.18 Å². The van der Waals surface area contributed by atoms with Gasteiger partial charge in [-0.05, 0) is 58.2 Å². The molecule has 2 rings (SSSR count). The van der Waals surface area contributed by atoms with Gasteiger partial charge in [0.25, 0.3) is 0 Å². The van der Waals surface area contributed by atoms with Crippen molar-refractivity contribution in [2.75, 3.05) is 19.6 Å². The molecule has 1 saturated heterocycles. The fourth-order valence-electron chi connectivity index (χ4n) is 3.34. The summed E-state index contributed by atoms with van der Waals surface area (Å²) in [4.78, 5) is 2.43. The van der Waals surface area contributed by atoms with E-state index >= 15 is 0 Å². The van der Waals surface area contributed by atoms with Crippen molar-refractivity contribution in [2.24, 2.45) is 5.92 Å². The van der Waals surface area contributed by atoms with Gasteiger partial charge in [-0.1, -0.05) is 6.92 Å². The molecule has 0 radical (unpaired) electrons. The minimum atomic E-state index is -3.99. The number of nitrogens with one attached hydrogen (secondary N) is 1. The van der Waals surface area contributed by atoms with Gasteiger partial charge in [-0.3, -0.25) is 0 Å². The number of alkyl halides is 3. The maximum absolute atomic E-state index is 12.6. The highest BCUT2D eigenvalue weighted by Gasteiger charge is 2.41. The second-order valence-electron chi connectivity index (χ2n) is 5.97. The van der Waals surface area contributed by atoms with Crippen molar-refractivity contribution < 1.29 is 13.2 Å². The molecule has 0 aromatic heterocycles. The lowest BCUT2D eigenvalue weighted by Gasteiger charge is -2.36. The van der Waals surface area contributed by atoms with Crippen LogP contribution in [0.15, 0.2) is 0 Å². The maximum Gasteiger partial charge on any atom is 0.391 e. The molecule has 0 amide bonds. The van der Waals surface area contributed by atoms with Crippen LogP contribution in [-0.4, -0.2) is 42.8 Å². The number of halogens is 3. The summed E-state index contributed by atoms with van der Waals surface area (Å²) < 4.78 is 37.7. The SMILES string of the molecule is CCN1CCC(NC2CCC(C(F)(F)F)CC2)CC1. The molecule has 1 saturated carbocycles. The van der Waals surface area contributed by atoms with Crippen molar-refractivity contribution in [3.8, 4) is 0 Å². The molecular formula is C14H25F3N2. The summed E-state index contributed by atoms with van der Waals surface area (Å²) in [5, 5.41) is 3.58. The van der Waals surface area contributed by atoms with E-state index in [1.54, 1.807) is 0 Å². The molecule has 1 heterocycles. The molecule has 0 atom stereocenters. The first-order chi connectivity index (χ1) is 8.99. The number of likely N-dealkylation sites (tertiary alicyclic amines) is 1. The minimum absolute atomic E-state index is 0.301. The zero-order valence-corrected chi connectivity index (χ0v) is 11.7.